The number of benzene rings is 1. The zero-order chi connectivity index (χ0) is 11.1. The average Bonchev–Trinajstić information content (AvgIpc) is 2.73. The molecular formula is C12H12N4. The summed E-state index contributed by atoms with van der Waals surface area (Å²) < 4.78 is 2.08. The van der Waals surface area contributed by atoms with Crippen LogP contribution in [-0.2, 0) is 0 Å². The summed E-state index contributed by atoms with van der Waals surface area (Å²) in [4.78, 5) is 4.36. The molecule has 80 valence electrons. The van der Waals surface area contributed by atoms with Gasteiger partial charge in [0.2, 0.25) is 0 Å². The Kier molecular flexibility index (Phi) is 1.89. The van der Waals surface area contributed by atoms with Crippen LogP contribution in [-0.4, -0.2) is 19.6 Å². The third-order valence-electron chi connectivity index (χ3n) is 2.67. The first kappa shape index (κ1) is 9.27. The van der Waals surface area contributed by atoms with Gasteiger partial charge >= 0.3 is 0 Å². The highest BCUT2D eigenvalue weighted by Gasteiger charge is 2.11. The van der Waals surface area contributed by atoms with Crippen molar-refractivity contribution in [1.29, 1.82) is 0 Å². The summed E-state index contributed by atoms with van der Waals surface area (Å²) in [7, 11) is 0. The van der Waals surface area contributed by atoms with E-state index >= 15 is 0 Å². The SMILES string of the molecule is CC(C)c1nnc2cnc3ccccc3n12. The van der Waals surface area contributed by atoms with Crippen LogP contribution >= 0.6 is 0 Å². The fourth-order valence-electron chi connectivity index (χ4n) is 1.90. The summed E-state index contributed by atoms with van der Waals surface area (Å²) in [6.07, 6.45) is 1.77. The van der Waals surface area contributed by atoms with E-state index in [-0.39, 0.29) is 0 Å². The second kappa shape index (κ2) is 3.27. The maximum absolute atomic E-state index is 4.36. The third-order valence-corrected chi connectivity index (χ3v) is 2.67. The predicted molar refractivity (Wildman–Crippen MR) is 62.4 cm³/mol. The van der Waals surface area contributed by atoms with E-state index in [0.717, 1.165) is 22.5 Å². The first-order valence-electron chi connectivity index (χ1n) is 5.36. The van der Waals surface area contributed by atoms with Crippen molar-refractivity contribution < 1.29 is 0 Å². The molecule has 0 unspecified atom stereocenters. The highest BCUT2D eigenvalue weighted by molar-refractivity contribution is 5.77. The van der Waals surface area contributed by atoms with Crippen LogP contribution < -0.4 is 0 Å². The number of fused-ring (bicyclic) bond motifs is 3. The molecule has 3 rings (SSSR count). The molecule has 0 saturated carbocycles. The molecule has 0 aliphatic rings. The largest absolute Gasteiger partial charge is 0.276 e. The summed E-state index contributed by atoms with van der Waals surface area (Å²) in [5.41, 5.74) is 2.84. The summed E-state index contributed by atoms with van der Waals surface area (Å²) in [6.45, 7) is 4.23. The maximum atomic E-state index is 4.36. The van der Waals surface area contributed by atoms with Gasteiger partial charge in [0.15, 0.2) is 5.65 Å². The van der Waals surface area contributed by atoms with Gasteiger partial charge < -0.3 is 0 Å². The molecule has 0 N–H and O–H groups in total. The predicted octanol–water partition coefficient (Wildman–Crippen LogP) is 2.40. The molecule has 0 atom stereocenters. The molecule has 0 amide bonds. The van der Waals surface area contributed by atoms with Crippen LogP contribution in [0.25, 0.3) is 16.7 Å². The van der Waals surface area contributed by atoms with E-state index in [1.165, 1.54) is 0 Å². The van der Waals surface area contributed by atoms with Gasteiger partial charge in [0, 0.05) is 5.92 Å². The normalized spacial score (nSPS) is 11.7. The zero-order valence-electron chi connectivity index (χ0n) is 9.25. The number of nitrogens with zero attached hydrogens (tertiary/aromatic N) is 4. The minimum absolute atomic E-state index is 0.348. The summed E-state index contributed by atoms with van der Waals surface area (Å²) >= 11 is 0. The fourth-order valence-corrected chi connectivity index (χ4v) is 1.90. The summed E-state index contributed by atoms with van der Waals surface area (Å²) in [5.74, 6) is 1.33. The van der Waals surface area contributed by atoms with E-state index < -0.39 is 0 Å². The van der Waals surface area contributed by atoms with Gasteiger partial charge in [-0.3, -0.25) is 9.38 Å². The Labute approximate surface area is 93.0 Å². The van der Waals surface area contributed by atoms with E-state index in [0.29, 0.717) is 5.92 Å². The zero-order valence-corrected chi connectivity index (χ0v) is 9.25. The lowest BCUT2D eigenvalue weighted by molar-refractivity contribution is 0.765. The Morgan fingerprint density at radius 1 is 1.12 bits per heavy atom. The first-order chi connectivity index (χ1) is 7.77. The maximum Gasteiger partial charge on any atom is 0.179 e. The van der Waals surface area contributed by atoms with Gasteiger partial charge in [-0.1, -0.05) is 26.0 Å². The highest BCUT2D eigenvalue weighted by Crippen LogP contribution is 2.19. The van der Waals surface area contributed by atoms with Crippen molar-refractivity contribution in [3.63, 3.8) is 0 Å². The Balaban J connectivity index is 2.52. The van der Waals surface area contributed by atoms with Crippen molar-refractivity contribution in [1.82, 2.24) is 19.6 Å². The van der Waals surface area contributed by atoms with Crippen molar-refractivity contribution in [2.75, 3.05) is 0 Å². The van der Waals surface area contributed by atoms with Crippen molar-refractivity contribution in [3.8, 4) is 0 Å². The summed E-state index contributed by atoms with van der Waals surface area (Å²) in [6, 6.07) is 8.04. The molecular weight excluding hydrogens is 200 g/mol. The molecule has 2 aromatic heterocycles. The molecule has 0 radical (unpaired) electrons. The van der Waals surface area contributed by atoms with Crippen LogP contribution in [0, 0.1) is 0 Å². The lowest BCUT2D eigenvalue weighted by Gasteiger charge is -2.05. The van der Waals surface area contributed by atoms with Crippen LogP contribution in [0.1, 0.15) is 25.6 Å². The molecule has 0 aliphatic heterocycles. The van der Waals surface area contributed by atoms with E-state index in [1.54, 1.807) is 6.20 Å². The molecule has 2 heterocycles. The molecule has 0 fully saturated rings. The van der Waals surface area contributed by atoms with Gasteiger partial charge in [0.05, 0.1) is 17.2 Å². The van der Waals surface area contributed by atoms with Gasteiger partial charge in [0.1, 0.15) is 5.82 Å². The van der Waals surface area contributed by atoms with E-state index in [2.05, 4.69) is 33.4 Å². The van der Waals surface area contributed by atoms with E-state index in [1.807, 2.05) is 24.3 Å². The van der Waals surface area contributed by atoms with Gasteiger partial charge in [-0.2, -0.15) is 0 Å². The molecule has 3 aromatic rings. The Morgan fingerprint density at radius 2 is 1.94 bits per heavy atom. The summed E-state index contributed by atoms with van der Waals surface area (Å²) in [5, 5.41) is 8.36. The van der Waals surface area contributed by atoms with Crippen LogP contribution in [0.4, 0.5) is 0 Å². The number of hydrogen-bond acceptors (Lipinski definition) is 3. The molecule has 0 aliphatic carbocycles. The molecule has 4 heteroatoms. The van der Waals surface area contributed by atoms with Crippen LogP contribution in [0.3, 0.4) is 0 Å². The third kappa shape index (κ3) is 1.19. The molecule has 16 heavy (non-hydrogen) atoms. The number of hydrogen-bond donors (Lipinski definition) is 0. The first-order valence-corrected chi connectivity index (χ1v) is 5.36. The second-order valence-electron chi connectivity index (χ2n) is 4.15. The standard InChI is InChI=1S/C12H12N4/c1-8(2)12-15-14-11-7-13-9-5-3-4-6-10(9)16(11)12/h3-8H,1-2H3. The quantitative estimate of drug-likeness (QED) is 0.622. The topological polar surface area (TPSA) is 43.1 Å². The Bertz CT molecular complexity index is 654. The van der Waals surface area contributed by atoms with Gasteiger partial charge in [-0.15, -0.1) is 10.2 Å². The molecule has 0 spiro atoms. The fraction of sp³-hybridized carbons (Fsp3) is 0.250. The molecule has 4 nitrogen and oxygen atoms in total. The van der Waals surface area contributed by atoms with Crippen molar-refractivity contribution in [3.05, 3.63) is 36.3 Å². The number of aromatic nitrogens is 4. The van der Waals surface area contributed by atoms with Crippen LogP contribution in [0.2, 0.25) is 0 Å². The molecule has 1 aromatic carbocycles. The molecule has 0 bridgehead atoms. The number of rotatable bonds is 1. The van der Waals surface area contributed by atoms with Crippen molar-refractivity contribution in [2.24, 2.45) is 0 Å². The van der Waals surface area contributed by atoms with Crippen LogP contribution in [0.5, 0.6) is 0 Å². The van der Waals surface area contributed by atoms with E-state index in [9.17, 15) is 0 Å². The number of para-hydroxylation sites is 2. The van der Waals surface area contributed by atoms with E-state index in [4.69, 9.17) is 0 Å². The highest BCUT2D eigenvalue weighted by atomic mass is 15.3. The monoisotopic (exact) mass is 212 g/mol. The Hall–Kier alpha value is -1.97. The van der Waals surface area contributed by atoms with Gasteiger partial charge in [-0.25, -0.2) is 0 Å². The average molecular weight is 212 g/mol. The molecule has 0 saturated heterocycles. The minimum Gasteiger partial charge on any atom is -0.276 e. The lowest BCUT2D eigenvalue weighted by atomic mass is 10.2. The second-order valence-corrected chi connectivity index (χ2v) is 4.15. The van der Waals surface area contributed by atoms with Gasteiger partial charge in [-0.05, 0) is 12.1 Å². The van der Waals surface area contributed by atoms with Crippen LogP contribution in [0.15, 0.2) is 30.5 Å². The van der Waals surface area contributed by atoms with Crippen molar-refractivity contribution >= 4 is 16.7 Å². The van der Waals surface area contributed by atoms with Crippen molar-refractivity contribution in [2.45, 2.75) is 19.8 Å². The Morgan fingerprint density at radius 3 is 2.75 bits per heavy atom. The smallest absolute Gasteiger partial charge is 0.179 e. The van der Waals surface area contributed by atoms with Gasteiger partial charge in [0.25, 0.3) is 0 Å². The minimum atomic E-state index is 0.348. The lowest BCUT2D eigenvalue weighted by Crippen LogP contribution is -1.99.